The van der Waals surface area contributed by atoms with Crippen molar-refractivity contribution >= 4 is 28.2 Å². The van der Waals surface area contributed by atoms with Crippen LogP contribution in [0.1, 0.15) is 53.6 Å². The number of esters is 1. The SMILES string of the molecule is CCCN1CCc2c(sc(NC(=O)Cc3ccc(OCC)cc3)c2C(=O)OCC)C1. The second-order valence-corrected chi connectivity index (χ2v) is 8.36. The standard InChI is InChI=1S/C23H30N2O4S/c1-4-12-25-13-11-18-19(15-25)30-22(21(18)23(27)29-6-3)24-20(26)14-16-7-9-17(10-8-16)28-5-2/h7-10H,4-6,11-15H2,1-3H3,(H,24,26). The maximum atomic E-state index is 12.7. The van der Waals surface area contributed by atoms with E-state index in [1.807, 2.05) is 31.2 Å². The van der Waals surface area contributed by atoms with E-state index in [0.29, 0.717) is 23.8 Å². The fraction of sp³-hybridized carbons (Fsp3) is 0.478. The number of benzene rings is 1. The molecule has 0 aliphatic carbocycles. The highest BCUT2D eigenvalue weighted by atomic mass is 32.1. The minimum Gasteiger partial charge on any atom is -0.494 e. The molecule has 0 fully saturated rings. The molecule has 0 spiro atoms. The third-order valence-electron chi connectivity index (χ3n) is 5.01. The monoisotopic (exact) mass is 430 g/mol. The smallest absolute Gasteiger partial charge is 0.341 e. The van der Waals surface area contributed by atoms with Crippen LogP contribution in [0.25, 0.3) is 0 Å². The Morgan fingerprint density at radius 2 is 1.90 bits per heavy atom. The molecule has 162 valence electrons. The van der Waals surface area contributed by atoms with Crippen molar-refractivity contribution in [1.82, 2.24) is 4.90 Å². The van der Waals surface area contributed by atoms with Crippen LogP contribution in [0.4, 0.5) is 5.00 Å². The van der Waals surface area contributed by atoms with Gasteiger partial charge in [0.25, 0.3) is 0 Å². The van der Waals surface area contributed by atoms with Crippen LogP contribution in [0.2, 0.25) is 0 Å². The molecule has 6 nitrogen and oxygen atoms in total. The molecular formula is C23H30N2O4S. The Hall–Kier alpha value is -2.38. The van der Waals surface area contributed by atoms with Crippen molar-refractivity contribution in [2.75, 3.05) is 31.6 Å². The van der Waals surface area contributed by atoms with Gasteiger partial charge in [-0.2, -0.15) is 0 Å². The minimum atomic E-state index is -0.352. The topological polar surface area (TPSA) is 67.9 Å². The van der Waals surface area contributed by atoms with E-state index in [2.05, 4.69) is 17.1 Å². The summed E-state index contributed by atoms with van der Waals surface area (Å²) in [7, 11) is 0. The maximum Gasteiger partial charge on any atom is 0.341 e. The van der Waals surface area contributed by atoms with E-state index in [-0.39, 0.29) is 18.3 Å². The summed E-state index contributed by atoms with van der Waals surface area (Å²) in [4.78, 5) is 28.9. The van der Waals surface area contributed by atoms with Crippen molar-refractivity contribution in [3.05, 3.63) is 45.8 Å². The number of hydrogen-bond donors (Lipinski definition) is 1. The number of carbonyl (C=O) groups excluding carboxylic acids is 2. The molecule has 30 heavy (non-hydrogen) atoms. The summed E-state index contributed by atoms with van der Waals surface area (Å²) in [6.07, 6.45) is 2.13. The molecule has 0 radical (unpaired) electrons. The first kappa shape index (κ1) is 22.3. The van der Waals surface area contributed by atoms with Crippen LogP contribution >= 0.6 is 11.3 Å². The van der Waals surface area contributed by atoms with Gasteiger partial charge in [0.1, 0.15) is 10.8 Å². The zero-order chi connectivity index (χ0) is 21.5. The number of amides is 1. The molecule has 2 aromatic rings. The van der Waals surface area contributed by atoms with Crippen molar-refractivity contribution in [3.8, 4) is 5.75 Å². The lowest BCUT2D eigenvalue weighted by molar-refractivity contribution is -0.115. The highest BCUT2D eigenvalue weighted by Crippen LogP contribution is 2.37. The lowest BCUT2D eigenvalue weighted by atomic mass is 10.0. The summed E-state index contributed by atoms with van der Waals surface area (Å²) in [5.74, 6) is 0.290. The number of ether oxygens (including phenoxy) is 2. The number of thiophene rings is 1. The predicted molar refractivity (Wildman–Crippen MR) is 119 cm³/mol. The van der Waals surface area contributed by atoms with Gasteiger partial charge >= 0.3 is 5.97 Å². The molecule has 0 bridgehead atoms. The van der Waals surface area contributed by atoms with Gasteiger partial charge in [-0.05, 0) is 56.5 Å². The minimum absolute atomic E-state index is 0.145. The summed E-state index contributed by atoms with van der Waals surface area (Å²) in [6.45, 7) is 9.58. The first-order valence-corrected chi connectivity index (χ1v) is 11.4. The summed E-state index contributed by atoms with van der Waals surface area (Å²) < 4.78 is 10.7. The highest BCUT2D eigenvalue weighted by molar-refractivity contribution is 7.17. The summed E-state index contributed by atoms with van der Waals surface area (Å²) in [5, 5.41) is 3.58. The molecule has 1 N–H and O–H groups in total. The lowest BCUT2D eigenvalue weighted by Gasteiger charge is -2.26. The van der Waals surface area contributed by atoms with Gasteiger partial charge in [-0.1, -0.05) is 19.1 Å². The molecule has 0 unspecified atom stereocenters. The van der Waals surface area contributed by atoms with E-state index < -0.39 is 0 Å². The van der Waals surface area contributed by atoms with Gasteiger partial charge in [-0.25, -0.2) is 4.79 Å². The number of rotatable bonds is 9. The molecule has 2 heterocycles. The van der Waals surface area contributed by atoms with Crippen molar-refractivity contribution in [2.24, 2.45) is 0 Å². The summed E-state index contributed by atoms with van der Waals surface area (Å²) in [6, 6.07) is 7.50. The van der Waals surface area contributed by atoms with Crippen molar-refractivity contribution in [3.63, 3.8) is 0 Å². The number of nitrogens with one attached hydrogen (secondary N) is 1. The molecule has 1 aromatic heterocycles. The first-order valence-electron chi connectivity index (χ1n) is 10.6. The molecule has 1 aliphatic heterocycles. The van der Waals surface area contributed by atoms with Gasteiger partial charge in [0, 0.05) is 18.0 Å². The zero-order valence-corrected chi connectivity index (χ0v) is 18.8. The van der Waals surface area contributed by atoms with Crippen LogP contribution in [0.3, 0.4) is 0 Å². The van der Waals surface area contributed by atoms with Crippen LogP contribution in [0.15, 0.2) is 24.3 Å². The molecule has 1 amide bonds. The second-order valence-electron chi connectivity index (χ2n) is 7.26. The summed E-state index contributed by atoms with van der Waals surface area (Å²) >= 11 is 1.50. The van der Waals surface area contributed by atoms with Gasteiger partial charge in [0.15, 0.2) is 0 Å². The molecule has 0 saturated carbocycles. The molecule has 7 heteroatoms. The fourth-order valence-electron chi connectivity index (χ4n) is 3.70. The first-order chi connectivity index (χ1) is 14.5. The van der Waals surface area contributed by atoms with Crippen LogP contribution < -0.4 is 10.1 Å². The quantitative estimate of drug-likeness (QED) is 0.602. The lowest BCUT2D eigenvalue weighted by Crippen LogP contribution is -2.30. The maximum absolute atomic E-state index is 12.7. The molecule has 3 rings (SSSR count). The van der Waals surface area contributed by atoms with Gasteiger partial charge < -0.3 is 14.8 Å². The molecule has 0 atom stereocenters. The average Bonchev–Trinajstić information content (AvgIpc) is 3.07. The second kappa shape index (κ2) is 10.6. The van der Waals surface area contributed by atoms with Gasteiger partial charge in [0.05, 0.1) is 25.2 Å². The van der Waals surface area contributed by atoms with Crippen molar-refractivity contribution < 1.29 is 19.1 Å². The van der Waals surface area contributed by atoms with Crippen molar-refractivity contribution in [1.29, 1.82) is 0 Å². The van der Waals surface area contributed by atoms with Crippen LogP contribution in [-0.4, -0.2) is 43.1 Å². The van der Waals surface area contributed by atoms with E-state index in [9.17, 15) is 9.59 Å². The number of carbonyl (C=O) groups is 2. The zero-order valence-electron chi connectivity index (χ0n) is 18.0. The number of hydrogen-bond acceptors (Lipinski definition) is 6. The van der Waals surface area contributed by atoms with E-state index in [0.717, 1.165) is 54.2 Å². The van der Waals surface area contributed by atoms with E-state index in [1.165, 1.54) is 11.3 Å². The Labute approximate surface area is 182 Å². The van der Waals surface area contributed by atoms with Crippen molar-refractivity contribution in [2.45, 2.75) is 46.6 Å². The molecular weight excluding hydrogens is 400 g/mol. The van der Waals surface area contributed by atoms with E-state index >= 15 is 0 Å². The normalized spacial score (nSPS) is 13.6. The Balaban J connectivity index is 1.76. The summed E-state index contributed by atoms with van der Waals surface area (Å²) in [5.41, 5.74) is 2.46. The van der Waals surface area contributed by atoms with Crippen LogP contribution in [-0.2, 0) is 28.9 Å². The number of anilines is 1. The Morgan fingerprint density at radius 1 is 1.13 bits per heavy atom. The van der Waals surface area contributed by atoms with Gasteiger partial charge in [0.2, 0.25) is 5.91 Å². The molecule has 1 aliphatic rings. The molecule has 0 saturated heterocycles. The van der Waals surface area contributed by atoms with E-state index in [4.69, 9.17) is 9.47 Å². The van der Waals surface area contributed by atoms with Gasteiger partial charge in [-0.3, -0.25) is 9.69 Å². The molecule has 1 aromatic carbocycles. The largest absolute Gasteiger partial charge is 0.494 e. The highest BCUT2D eigenvalue weighted by Gasteiger charge is 2.29. The third-order valence-corrected chi connectivity index (χ3v) is 6.14. The fourth-order valence-corrected chi connectivity index (χ4v) is 4.99. The number of nitrogens with zero attached hydrogens (tertiary/aromatic N) is 1. The Bertz CT molecular complexity index is 876. The third kappa shape index (κ3) is 5.40. The van der Waals surface area contributed by atoms with Crippen LogP contribution in [0.5, 0.6) is 5.75 Å². The predicted octanol–water partition coefficient (Wildman–Crippen LogP) is 4.27. The van der Waals surface area contributed by atoms with E-state index in [1.54, 1.807) is 6.92 Å². The van der Waals surface area contributed by atoms with Gasteiger partial charge in [-0.15, -0.1) is 11.3 Å². The Morgan fingerprint density at radius 3 is 2.57 bits per heavy atom. The van der Waals surface area contributed by atoms with Crippen LogP contribution in [0, 0.1) is 0 Å². The Kier molecular flexibility index (Phi) is 7.87. The average molecular weight is 431 g/mol. The number of fused-ring (bicyclic) bond motifs is 1.